The van der Waals surface area contributed by atoms with Crippen molar-refractivity contribution in [1.82, 2.24) is 0 Å². The van der Waals surface area contributed by atoms with E-state index in [2.05, 4.69) is 6.92 Å². The van der Waals surface area contributed by atoms with Crippen LogP contribution in [-0.4, -0.2) is 17.5 Å². The highest BCUT2D eigenvalue weighted by molar-refractivity contribution is 5.89. The summed E-state index contributed by atoms with van der Waals surface area (Å²) in [5, 5.41) is 9.71. The van der Waals surface area contributed by atoms with Crippen LogP contribution in [0, 0.1) is 0 Å². The Morgan fingerprint density at radius 2 is 1.67 bits per heavy atom. The van der Waals surface area contributed by atoms with Crippen LogP contribution in [-0.2, 0) is 11.2 Å². The van der Waals surface area contributed by atoms with Gasteiger partial charge in [-0.3, -0.25) is 4.79 Å². The van der Waals surface area contributed by atoms with Gasteiger partial charge in [0.2, 0.25) is 0 Å². The van der Waals surface area contributed by atoms with Crippen molar-refractivity contribution in [3.8, 4) is 11.5 Å². The highest BCUT2D eigenvalue weighted by atomic mass is 16.5. The summed E-state index contributed by atoms with van der Waals surface area (Å²) >= 11 is 0. The van der Waals surface area contributed by atoms with E-state index in [1.807, 2.05) is 25.1 Å². The molecule has 0 aromatic heterocycles. The molecule has 27 heavy (non-hydrogen) atoms. The van der Waals surface area contributed by atoms with E-state index < -0.39 is 0 Å². The molecule has 0 unspecified atom stereocenters. The average Bonchev–Trinajstić information content (AvgIpc) is 2.66. The van der Waals surface area contributed by atoms with Crippen molar-refractivity contribution >= 4 is 5.78 Å². The van der Waals surface area contributed by atoms with Gasteiger partial charge in [0.1, 0.15) is 0 Å². The molecule has 0 heterocycles. The smallest absolute Gasteiger partial charge is 0.161 e. The van der Waals surface area contributed by atoms with Gasteiger partial charge in [-0.15, -0.1) is 0 Å². The molecule has 0 amide bonds. The van der Waals surface area contributed by atoms with Crippen LogP contribution in [0.2, 0.25) is 0 Å². The van der Waals surface area contributed by atoms with E-state index in [1.165, 1.54) is 51.4 Å². The number of carbonyl (C=O) groups excluding carboxylic acids is 1. The highest BCUT2D eigenvalue weighted by Gasteiger charge is 2.03. The number of phenols is 1. The molecule has 1 aromatic carbocycles. The van der Waals surface area contributed by atoms with Crippen LogP contribution >= 0.6 is 0 Å². The van der Waals surface area contributed by atoms with Gasteiger partial charge in [-0.1, -0.05) is 70.4 Å². The zero-order chi connectivity index (χ0) is 19.7. The Kier molecular flexibility index (Phi) is 13.2. The van der Waals surface area contributed by atoms with Crippen molar-refractivity contribution in [2.75, 3.05) is 6.61 Å². The minimum Gasteiger partial charge on any atom is -0.504 e. The number of unbranched alkanes of at least 4 members (excludes halogenated alkanes) is 8. The van der Waals surface area contributed by atoms with Crippen molar-refractivity contribution < 1.29 is 14.6 Å². The van der Waals surface area contributed by atoms with Gasteiger partial charge >= 0.3 is 0 Å². The molecule has 3 heteroatoms. The molecule has 0 saturated carbocycles. The summed E-state index contributed by atoms with van der Waals surface area (Å²) in [6, 6.07) is 5.44. The van der Waals surface area contributed by atoms with Crippen LogP contribution in [0.15, 0.2) is 30.4 Å². The zero-order valence-corrected chi connectivity index (χ0v) is 17.3. The van der Waals surface area contributed by atoms with Gasteiger partial charge in [0, 0.05) is 6.42 Å². The maximum absolute atomic E-state index is 11.9. The number of aryl methyl sites for hydroxylation is 1. The summed E-state index contributed by atoms with van der Waals surface area (Å²) in [7, 11) is 0. The summed E-state index contributed by atoms with van der Waals surface area (Å²) in [4.78, 5) is 11.9. The Morgan fingerprint density at radius 1 is 1.00 bits per heavy atom. The van der Waals surface area contributed by atoms with Gasteiger partial charge in [0.25, 0.3) is 0 Å². The number of allylic oxidation sites excluding steroid dienone is 2. The fraction of sp³-hybridized carbons (Fsp3) is 0.625. The van der Waals surface area contributed by atoms with Crippen LogP contribution in [0.5, 0.6) is 11.5 Å². The average molecular weight is 375 g/mol. The van der Waals surface area contributed by atoms with Crippen LogP contribution < -0.4 is 4.74 Å². The lowest BCUT2D eigenvalue weighted by Crippen LogP contribution is -1.94. The van der Waals surface area contributed by atoms with Crippen molar-refractivity contribution in [2.24, 2.45) is 0 Å². The molecular formula is C24H38O3. The van der Waals surface area contributed by atoms with E-state index in [-0.39, 0.29) is 11.5 Å². The number of hydrogen-bond acceptors (Lipinski definition) is 3. The van der Waals surface area contributed by atoms with E-state index >= 15 is 0 Å². The molecule has 0 spiro atoms. The van der Waals surface area contributed by atoms with Crippen LogP contribution in [0.4, 0.5) is 0 Å². The van der Waals surface area contributed by atoms with E-state index in [4.69, 9.17) is 4.74 Å². The van der Waals surface area contributed by atoms with Gasteiger partial charge in [-0.2, -0.15) is 0 Å². The van der Waals surface area contributed by atoms with E-state index in [9.17, 15) is 9.90 Å². The quantitative estimate of drug-likeness (QED) is 0.256. The maximum Gasteiger partial charge on any atom is 0.161 e. The Bertz CT molecular complexity index is 549. The number of ketones is 1. The van der Waals surface area contributed by atoms with Gasteiger partial charge in [0.05, 0.1) is 6.61 Å². The molecule has 0 radical (unpaired) electrons. The second-order valence-electron chi connectivity index (χ2n) is 7.22. The molecular weight excluding hydrogens is 336 g/mol. The molecule has 0 atom stereocenters. The number of rotatable bonds is 16. The first-order valence-electron chi connectivity index (χ1n) is 10.8. The van der Waals surface area contributed by atoms with Crippen molar-refractivity contribution in [1.29, 1.82) is 0 Å². The monoisotopic (exact) mass is 374 g/mol. The Morgan fingerprint density at radius 3 is 2.33 bits per heavy atom. The summed E-state index contributed by atoms with van der Waals surface area (Å²) in [6.07, 6.45) is 17.5. The summed E-state index contributed by atoms with van der Waals surface area (Å²) < 4.78 is 5.40. The highest BCUT2D eigenvalue weighted by Crippen LogP contribution is 2.27. The van der Waals surface area contributed by atoms with Crippen LogP contribution in [0.25, 0.3) is 0 Å². The Balaban J connectivity index is 2.10. The van der Waals surface area contributed by atoms with E-state index in [1.54, 1.807) is 12.1 Å². The summed E-state index contributed by atoms with van der Waals surface area (Å²) in [5.74, 6) is 0.936. The first kappa shape index (κ1) is 23.3. The molecule has 0 aliphatic heterocycles. The van der Waals surface area contributed by atoms with Gasteiger partial charge in [0.15, 0.2) is 17.3 Å². The van der Waals surface area contributed by atoms with Gasteiger partial charge in [-0.05, 0) is 50.0 Å². The van der Waals surface area contributed by atoms with Gasteiger partial charge < -0.3 is 9.84 Å². The molecule has 0 aliphatic carbocycles. The molecule has 0 fully saturated rings. The topological polar surface area (TPSA) is 46.5 Å². The van der Waals surface area contributed by atoms with Crippen molar-refractivity contribution in [3.05, 3.63) is 35.9 Å². The standard InChI is InChI=1S/C24H38O3/c1-3-5-6-7-8-9-10-11-12-16-22(25)17-14-13-15-21-18-19-23(26)24(20-21)27-4-2/h14,17-20,26H,3-13,15-16H2,1-2H3. The Labute approximate surface area is 165 Å². The third-order valence-corrected chi connectivity index (χ3v) is 4.75. The zero-order valence-electron chi connectivity index (χ0n) is 17.3. The molecule has 152 valence electrons. The number of hydrogen-bond donors (Lipinski definition) is 1. The Hall–Kier alpha value is -1.77. The fourth-order valence-electron chi connectivity index (χ4n) is 3.14. The lowest BCUT2D eigenvalue weighted by molar-refractivity contribution is -0.114. The second kappa shape index (κ2) is 15.3. The molecule has 0 aliphatic rings. The predicted molar refractivity (Wildman–Crippen MR) is 114 cm³/mol. The number of ether oxygens (including phenoxy) is 1. The van der Waals surface area contributed by atoms with Crippen LogP contribution in [0.1, 0.15) is 90.0 Å². The third-order valence-electron chi connectivity index (χ3n) is 4.75. The van der Waals surface area contributed by atoms with Gasteiger partial charge in [-0.25, -0.2) is 0 Å². The third kappa shape index (κ3) is 11.5. The van der Waals surface area contributed by atoms with Crippen LogP contribution in [0.3, 0.4) is 0 Å². The molecule has 1 rings (SSSR count). The SMILES string of the molecule is CCCCCCCCCCCC(=O)C=CCCc1ccc(O)c(OCC)c1. The lowest BCUT2D eigenvalue weighted by atomic mass is 10.0. The minimum atomic E-state index is 0.173. The summed E-state index contributed by atoms with van der Waals surface area (Å²) in [5.41, 5.74) is 1.10. The lowest BCUT2D eigenvalue weighted by Gasteiger charge is -2.07. The molecule has 3 nitrogen and oxygen atoms in total. The number of carbonyl (C=O) groups is 1. The number of benzene rings is 1. The van der Waals surface area contributed by atoms with E-state index in [0.29, 0.717) is 18.8 Å². The normalized spacial score (nSPS) is 11.2. The minimum absolute atomic E-state index is 0.173. The largest absolute Gasteiger partial charge is 0.504 e. The number of aromatic hydroxyl groups is 1. The van der Waals surface area contributed by atoms with Crippen molar-refractivity contribution in [3.63, 3.8) is 0 Å². The second-order valence-corrected chi connectivity index (χ2v) is 7.22. The van der Waals surface area contributed by atoms with E-state index in [0.717, 1.165) is 24.8 Å². The van der Waals surface area contributed by atoms with Crippen molar-refractivity contribution in [2.45, 2.75) is 90.9 Å². The number of phenolic OH excluding ortho intramolecular Hbond substituents is 1. The fourth-order valence-corrected chi connectivity index (χ4v) is 3.14. The first-order valence-corrected chi connectivity index (χ1v) is 10.8. The summed E-state index contributed by atoms with van der Waals surface area (Å²) in [6.45, 7) is 4.68. The molecule has 1 aromatic rings. The predicted octanol–water partition coefficient (Wildman–Crippen LogP) is 6.77. The molecule has 1 N–H and O–H groups in total. The maximum atomic E-state index is 11.9. The molecule has 0 saturated heterocycles. The molecule has 0 bridgehead atoms. The first-order chi connectivity index (χ1) is 13.2.